The molecule has 6 nitrogen and oxygen atoms in total. The van der Waals surface area contributed by atoms with Gasteiger partial charge in [0.05, 0.1) is 26.3 Å². The van der Waals surface area contributed by atoms with Crippen molar-refractivity contribution in [1.29, 1.82) is 0 Å². The van der Waals surface area contributed by atoms with Crippen molar-refractivity contribution in [3.8, 4) is 22.6 Å². The van der Waals surface area contributed by atoms with E-state index in [9.17, 15) is 4.79 Å². The number of hydrogen-bond acceptors (Lipinski definition) is 6. The van der Waals surface area contributed by atoms with Crippen LogP contribution in [0.25, 0.3) is 11.1 Å². The van der Waals surface area contributed by atoms with Crippen molar-refractivity contribution in [3.63, 3.8) is 0 Å². The highest BCUT2D eigenvalue weighted by molar-refractivity contribution is 7.13. The zero-order chi connectivity index (χ0) is 24.9. The summed E-state index contributed by atoms with van der Waals surface area (Å²) < 4.78 is 10.9. The van der Waals surface area contributed by atoms with E-state index in [2.05, 4.69) is 51.6 Å². The Morgan fingerprint density at radius 2 is 1.67 bits per heavy atom. The molecule has 0 unspecified atom stereocenters. The largest absolute Gasteiger partial charge is 0.493 e. The van der Waals surface area contributed by atoms with E-state index in [4.69, 9.17) is 9.47 Å². The minimum atomic E-state index is -0.0590. The minimum Gasteiger partial charge on any atom is -0.493 e. The number of ether oxygens (including phenoxy) is 2. The van der Waals surface area contributed by atoms with Crippen LogP contribution in [0.15, 0.2) is 72.1 Å². The molecule has 4 aromatic rings. The van der Waals surface area contributed by atoms with Crippen LogP contribution in [0.1, 0.15) is 22.4 Å². The highest BCUT2D eigenvalue weighted by Crippen LogP contribution is 2.33. The maximum atomic E-state index is 12.6. The van der Waals surface area contributed by atoms with E-state index in [1.165, 1.54) is 28.0 Å². The number of thiazole rings is 1. The molecule has 36 heavy (non-hydrogen) atoms. The first-order valence-corrected chi connectivity index (χ1v) is 12.8. The van der Waals surface area contributed by atoms with E-state index in [0.29, 0.717) is 11.6 Å². The Bertz CT molecular complexity index is 1340. The summed E-state index contributed by atoms with van der Waals surface area (Å²) >= 11 is 1.47. The number of hydrogen-bond donors (Lipinski definition) is 1. The van der Waals surface area contributed by atoms with Gasteiger partial charge in [0.15, 0.2) is 16.6 Å². The molecule has 1 aliphatic rings. The topological polar surface area (TPSA) is 63.7 Å². The summed E-state index contributed by atoms with van der Waals surface area (Å²) in [6.45, 7) is 2.51. The Morgan fingerprint density at radius 1 is 0.972 bits per heavy atom. The van der Waals surface area contributed by atoms with Crippen molar-refractivity contribution >= 4 is 22.4 Å². The summed E-state index contributed by atoms with van der Waals surface area (Å²) in [4.78, 5) is 19.6. The van der Waals surface area contributed by atoms with E-state index >= 15 is 0 Å². The molecule has 0 fully saturated rings. The van der Waals surface area contributed by atoms with Crippen LogP contribution in [0, 0.1) is 0 Å². The fourth-order valence-corrected chi connectivity index (χ4v) is 5.25. The molecule has 0 aliphatic carbocycles. The Kier molecular flexibility index (Phi) is 7.30. The van der Waals surface area contributed by atoms with Crippen LogP contribution in [-0.2, 0) is 30.7 Å². The van der Waals surface area contributed by atoms with E-state index < -0.39 is 0 Å². The van der Waals surface area contributed by atoms with Gasteiger partial charge in [0, 0.05) is 25.0 Å². The average molecular weight is 500 g/mol. The molecular formula is C29H29N3O3S. The first-order chi connectivity index (χ1) is 17.6. The molecule has 1 aliphatic heterocycles. The Labute approximate surface area is 215 Å². The summed E-state index contributed by atoms with van der Waals surface area (Å²) in [7, 11) is 3.33. The molecule has 7 heteroatoms. The number of aromatic nitrogens is 1. The number of nitrogens with one attached hydrogen (secondary N) is 1. The molecule has 1 aromatic heterocycles. The summed E-state index contributed by atoms with van der Waals surface area (Å²) in [5, 5.41) is 5.62. The molecule has 1 amide bonds. The van der Waals surface area contributed by atoms with Crippen molar-refractivity contribution < 1.29 is 14.3 Å². The molecular weight excluding hydrogens is 470 g/mol. The van der Waals surface area contributed by atoms with Crippen LogP contribution < -0.4 is 14.8 Å². The van der Waals surface area contributed by atoms with Crippen molar-refractivity contribution in [2.24, 2.45) is 0 Å². The van der Waals surface area contributed by atoms with Crippen molar-refractivity contribution in [1.82, 2.24) is 9.88 Å². The zero-order valence-corrected chi connectivity index (χ0v) is 21.3. The molecule has 5 rings (SSSR count). The van der Waals surface area contributed by atoms with Crippen LogP contribution in [0.3, 0.4) is 0 Å². The standard InChI is InChI=1S/C29H29N3O3S/c1-34-26-15-23-12-13-32(17-24(23)16-27(26)35-2)18-25-19-36-29(30-25)31-28(33)14-20-8-10-22(11-9-20)21-6-4-3-5-7-21/h3-11,15-16,19H,12-14,17-18H2,1-2H3,(H,30,31,33). The molecule has 0 radical (unpaired) electrons. The van der Waals surface area contributed by atoms with E-state index in [0.717, 1.165) is 54.4 Å². The lowest BCUT2D eigenvalue weighted by Gasteiger charge is -2.29. The monoisotopic (exact) mass is 499 g/mol. The number of benzene rings is 3. The second kappa shape index (κ2) is 10.9. The Balaban J connectivity index is 1.16. The fraction of sp³-hybridized carbons (Fsp3) is 0.241. The predicted molar refractivity (Wildman–Crippen MR) is 144 cm³/mol. The third kappa shape index (κ3) is 5.58. The number of methoxy groups -OCH3 is 2. The van der Waals surface area contributed by atoms with Crippen molar-refractivity contribution in [2.45, 2.75) is 25.9 Å². The van der Waals surface area contributed by atoms with Gasteiger partial charge in [-0.1, -0.05) is 54.6 Å². The van der Waals surface area contributed by atoms with Crippen molar-refractivity contribution in [2.75, 3.05) is 26.1 Å². The lowest BCUT2D eigenvalue weighted by Crippen LogP contribution is -2.30. The molecule has 2 heterocycles. The number of carbonyl (C=O) groups excluding carboxylic acids is 1. The van der Waals surface area contributed by atoms with Gasteiger partial charge in [-0.2, -0.15) is 0 Å². The van der Waals surface area contributed by atoms with Gasteiger partial charge in [0.2, 0.25) is 5.91 Å². The molecule has 0 spiro atoms. The van der Waals surface area contributed by atoms with Gasteiger partial charge < -0.3 is 14.8 Å². The van der Waals surface area contributed by atoms with E-state index in [1.807, 2.05) is 35.7 Å². The number of amides is 1. The van der Waals surface area contributed by atoms with Gasteiger partial charge in [-0.05, 0) is 46.4 Å². The van der Waals surface area contributed by atoms with Crippen LogP contribution in [0.4, 0.5) is 5.13 Å². The third-order valence-corrected chi connectivity index (χ3v) is 7.21. The van der Waals surface area contributed by atoms with Gasteiger partial charge in [0.25, 0.3) is 0 Å². The maximum absolute atomic E-state index is 12.6. The zero-order valence-electron chi connectivity index (χ0n) is 20.5. The first-order valence-electron chi connectivity index (χ1n) is 12.0. The summed E-state index contributed by atoms with van der Waals surface area (Å²) in [5.41, 5.74) is 6.80. The third-order valence-electron chi connectivity index (χ3n) is 6.41. The lowest BCUT2D eigenvalue weighted by molar-refractivity contribution is -0.115. The van der Waals surface area contributed by atoms with Crippen LogP contribution in [-0.4, -0.2) is 36.6 Å². The van der Waals surface area contributed by atoms with Gasteiger partial charge in [-0.15, -0.1) is 11.3 Å². The van der Waals surface area contributed by atoms with E-state index in [-0.39, 0.29) is 5.91 Å². The van der Waals surface area contributed by atoms with Crippen LogP contribution >= 0.6 is 11.3 Å². The maximum Gasteiger partial charge on any atom is 0.230 e. The van der Waals surface area contributed by atoms with Gasteiger partial charge in [-0.25, -0.2) is 4.98 Å². The molecule has 0 atom stereocenters. The van der Waals surface area contributed by atoms with E-state index in [1.54, 1.807) is 14.2 Å². The smallest absolute Gasteiger partial charge is 0.230 e. The SMILES string of the molecule is COc1cc2c(cc1OC)CN(Cc1csc(NC(=O)Cc3ccc(-c4ccccc4)cc3)n1)CC2. The number of fused-ring (bicyclic) bond motifs is 1. The summed E-state index contributed by atoms with van der Waals surface area (Å²) in [5.74, 6) is 1.47. The molecule has 3 aromatic carbocycles. The van der Waals surface area contributed by atoms with Crippen molar-refractivity contribution in [3.05, 3.63) is 94.5 Å². The van der Waals surface area contributed by atoms with Gasteiger partial charge in [-0.3, -0.25) is 9.69 Å². The predicted octanol–water partition coefficient (Wildman–Crippen LogP) is 5.57. The second-order valence-electron chi connectivity index (χ2n) is 8.87. The number of nitrogens with zero attached hydrogens (tertiary/aromatic N) is 2. The molecule has 184 valence electrons. The average Bonchev–Trinajstić information content (AvgIpc) is 3.34. The Hall–Kier alpha value is -3.68. The quantitative estimate of drug-likeness (QED) is 0.344. The Morgan fingerprint density at radius 3 is 2.39 bits per heavy atom. The van der Waals surface area contributed by atoms with Gasteiger partial charge >= 0.3 is 0 Å². The number of rotatable bonds is 8. The van der Waals surface area contributed by atoms with Crippen LogP contribution in [0.5, 0.6) is 11.5 Å². The highest BCUT2D eigenvalue weighted by Gasteiger charge is 2.20. The number of carbonyl (C=O) groups is 1. The highest BCUT2D eigenvalue weighted by atomic mass is 32.1. The van der Waals surface area contributed by atoms with Gasteiger partial charge in [0.1, 0.15) is 0 Å². The molecule has 1 N–H and O–H groups in total. The lowest BCUT2D eigenvalue weighted by atomic mass is 9.98. The normalized spacial score (nSPS) is 13.2. The fourth-order valence-electron chi connectivity index (χ4n) is 4.54. The molecule has 0 saturated heterocycles. The summed E-state index contributed by atoms with van der Waals surface area (Å²) in [6.07, 6.45) is 1.27. The molecule has 0 bridgehead atoms. The number of anilines is 1. The minimum absolute atomic E-state index is 0.0590. The summed E-state index contributed by atoms with van der Waals surface area (Å²) in [6, 6.07) is 22.5. The van der Waals surface area contributed by atoms with Crippen LogP contribution in [0.2, 0.25) is 0 Å². The first kappa shape index (κ1) is 24.0. The second-order valence-corrected chi connectivity index (χ2v) is 9.73. The molecule has 0 saturated carbocycles.